The van der Waals surface area contributed by atoms with Gasteiger partial charge in [-0.05, 0) is 49.3 Å². The third-order valence-corrected chi connectivity index (χ3v) is 4.97. The Morgan fingerprint density at radius 3 is 2.43 bits per heavy atom. The number of aliphatic hydroxyl groups excluding tert-OH is 1. The summed E-state index contributed by atoms with van der Waals surface area (Å²) in [6, 6.07) is 3.30. The number of aliphatic hydroxyl groups is 1. The fourth-order valence-corrected chi connectivity index (χ4v) is 3.90. The van der Waals surface area contributed by atoms with Gasteiger partial charge in [0.25, 0.3) is 0 Å². The molecule has 1 saturated heterocycles. The van der Waals surface area contributed by atoms with Crippen LogP contribution in [0.5, 0.6) is 0 Å². The van der Waals surface area contributed by atoms with Gasteiger partial charge in [0.05, 0.1) is 11.7 Å². The maximum atomic E-state index is 13.3. The Bertz CT molecular complexity index is 472. The lowest BCUT2D eigenvalue weighted by atomic mass is 9.74. The lowest BCUT2D eigenvalue weighted by Gasteiger charge is -2.44. The van der Waals surface area contributed by atoms with Gasteiger partial charge in [0.1, 0.15) is 11.6 Å². The first kappa shape index (κ1) is 14.9. The van der Waals surface area contributed by atoms with Crippen molar-refractivity contribution in [2.45, 2.75) is 56.7 Å². The number of hydrogen-bond acceptors (Lipinski definition) is 2. The summed E-state index contributed by atoms with van der Waals surface area (Å²) < 4.78 is 32.7. The van der Waals surface area contributed by atoms with Gasteiger partial charge >= 0.3 is 0 Å². The lowest BCUT2D eigenvalue weighted by Crippen LogP contribution is -2.42. The van der Waals surface area contributed by atoms with E-state index < -0.39 is 17.7 Å². The molecule has 2 nitrogen and oxygen atoms in total. The van der Waals surface area contributed by atoms with E-state index in [4.69, 9.17) is 4.74 Å². The summed E-state index contributed by atoms with van der Waals surface area (Å²) >= 11 is 0. The van der Waals surface area contributed by atoms with E-state index in [1.807, 2.05) is 0 Å². The first-order chi connectivity index (χ1) is 10.1. The van der Waals surface area contributed by atoms with Crippen molar-refractivity contribution in [1.29, 1.82) is 0 Å². The van der Waals surface area contributed by atoms with Gasteiger partial charge < -0.3 is 9.84 Å². The topological polar surface area (TPSA) is 29.5 Å². The highest BCUT2D eigenvalue weighted by atomic mass is 19.1. The van der Waals surface area contributed by atoms with Gasteiger partial charge in [0.2, 0.25) is 0 Å². The molecule has 1 aromatic carbocycles. The Labute approximate surface area is 124 Å². The molecule has 1 aliphatic carbocycles. The van der Waals surface area contributed by atoms with Crippen LogP contribution in [0.25, 0.3) is 0 Å². The molecule has 116 valence electrons. The Kier molecular flexibility index (Phi) is 4.27. The molecule has 0 bridgehead atoms. The second kappa shape index (κ2) is 6.01. The summed E-state index contributed by atoms with van der Waals surface area (Å²) in [5.41, 5.74) is 0.221. The largest absolute Gasteiger partial charge is 0.388 e. The molecule has 1 aromatic rings. The van der Waals surface area contributed by atoms with Crippen LogP contribution in [0.3, 0.4) is 0 Å². The maximum Gasteiger partial charge on any atom is 0.126 e. The van der Waals surface area contributed by atoms with Crippen LogP contribution in [0.4, 0.5) is 8.78 Å². The number of hydrogen-bond donors (Lipinski definition) is 1. The number of benzene rings is 1. The molecule has 1 spiro atoms. The molecule has 1 heterocycles. The molecule has 0 aromatic heterocycles. The van der Waals surface area contributed by atoms with Crippen molar-refractivity contribution in [3.05, 3.63) is 35.4 Å². The minimum atomic E-state index is -0.821. The highest BCUT2D eigenvalue weighted by Crippen LogP contribution is 2.44. The van der Waals surface area contributed by atoms with Gasteiger partial charge in [-0.1, -0.05) is 19.3 Å². The van der Waals surface area contributed by atoms with Crippen molar-refractivity contribution in [1.82, 2.24) is 0 Å². The van der Waals surface area contributed by atoms with Gasteiger partial charge in [0.15, 0.2) is 0 Å². The molecule has 2 aliphatic rings. The molecule has 4 heteroatoms. The van der Waals surface area contributed by atoms with Crippen LogP contribution in [-0.4, -0.2) is 17.3 Å². The first-order valence-electron chi connectivity index (χ1n) is 7.86. The molecular weight excluding hydrogens is 274 g/mol. The van der Waals surface area contributed by atoms with Crippen LogP contribution in [0.2, 0.25) is 0 Å². The van der Waals surface area contributed by atoms with E-state index in [1.54, 1.807) is 0 Å². The highest BCUT2D eigenvalue weighted by molar-refractivity contribution is 5.21. The molecule has 1 saturated carbocycles. The first-order valence-corrected chi connectivity index (χ1v) is 7.86. The summed E-state index contributed by atoms with van der Waals surface area (Å²) in [6.45, 7) is 0.625. The van der Waals surface area contributed by atoms with Crippen LogP contribution < -0.4 is 0 Å². The zero-order chi connectivity index (χ0) is 14.9. The van der Waals surface area contributed by atoms with E-state index >= 15 is 0 Å². The standard InChI is InChI=1S/C17H22F2O2/c18-14-8-13(9-15(19)10-14)16(20)12-4-7-21-17(11-12)5-2-1-3-6-17/h8-10,12,16,20H,1-7,11H2. The lowest BCUT2D eigenvalue weighted by molar-refractivity contribution is -0.134. The van der Waals surface area contributed by atoms with Gasteiger partial charge in [0, 0.05) is 12.7 Å². The molecule has 2 unspecified atom stereocenters. The molecule has 1 aliphatic heterocycles. The fourth-order valence-electron chi connectivity index (χ4n) is 3.90. The minimum absolute atomic E-state index is 0.0121. The second-order valence-corrected chi connectivity index (χ2v) is 6.49. The second-order valence-electron chi connectivity index (χ2n) is 6.49. The molecule has 1 N–H and O–H groups in total. The van der Waals surface area contributed by atoms with E-state index in [0.29, 0.717) is 12.2 Å². The SMILES string of the molecule is OC(c1cc(F)cc(F)c1)C1CCOC2(CCCCC2)C1. The maximum absolute atomic E-state index is 13.3. The van der Waals surface area contributed by atoms with Crippen molar-refractivity contribution in [2.75, 3.05) is 6.61 Å². The van der Waals surface area contributed by atoms with Crippen molar-refractivity contribution < 1.29 is 18.6 Å². The summed E-state index contributed by atoms with van der Waals surface area (Å²) in [5.74, 6) is -1.26. The zero-order valence-electron chi connectivity index (χ0n) is 12.2. The summed E-state index contributed by atoms with van der Waals surface area (Å²) in [7, 11) is 0. The smallest absolute Gasteiger partial charge is 0.126 e. The average Bonchev–Trinajstić information content (AvgIpc) is 2.46. The third-order valence-electron chi connectivity index (χ3n) is 4.97. The third kappa shape index (κ3) is 3.27. The van der Waals surface area contributed by atoms with E-state index in [-0.39, 0.29) is 11.5 Å². The number of halogens is 2. The fraction of sp³-hybridized carbons (Fsp3) is 0.647. The van der Waals surface area contributed by atoms with E-state index in [2.05, 4.69) is 0 Å². The summed E-state index contributed by atoms with van der Waals surface area (Å²) in [4.78, 5) is 0. The van der Waals surface area contributed by atoms with Crippen LogP contribution >= 0.6 is 0 Å². The van der Waals surface area contributed by atoms with Crippen molar-refractivity contribution in [2.24, 2.45) is 5.92 Å². The molecule has 21 heavy (non-hydrogen) atoms. The van der Waals surface area contributed by atoms with Crippen molar-refractivity contribution in [3.63, 3.8) is 0 Å². The van der Waals surface area contributed by atoms with Gasteiger partial charge in [-0.2, -0.15) is 0 Å². The molecule has 0 amide bonds. The Morgan fingerprint density at radius 1 is 1.10 bits per heavy atom. The summed E-state index contributed by atoms with van der Waals surface area (Å²) in [5, 5.41) is 10.5. The molecule has 3 rings (SSSR count). The molecule has 0 radical (unpaired) electrons. The number of rotatable bonds is 2. The highest BCUT2D eigenvalue weighted by Gasteiger charge is 2.40. The summed E-state index contributed by atoms with van der Waals surface area (Å²) in [6.07, 6.45) is 6.34. The monoisotopic (exact) mass is 296 g/mol. The normalized spacial score (nSPS) is 26.7. The van der Waals surface area contributed by atoms with E-state index in [0.717, 1.165) is 44.6 Å². The van der Waals surface area contributed by atoms with Gasteiger partial charge in [-0.3, -0.25) is 0 Å². The van der Waals surface area contributed by atoms with Crippen LogP contribution in [0.1, 0.15) is 56.6 Å². The molecular formula is C17H22F2O2. The Balaban J connectivity index is 1.76. The zero-order valence-corrected chi connectivity index (χ0v) is 12.2. The van der Waals surface area contributed by atoms with Crippen molar-refractivity contribution >= 4 is 0 Å². The van der Waals surface area contributed by atoms with Crippen LogP contribution in [-0.2, 0) is 4.74 Å². The van der Waals surface area contributed by atoms with E-state index in [1.165, 1.54) is 18.6 Å². The van der Waals surface area contributed by atoms with E-state index in [9.17, 15) is 13.9 Å². The molecule has 2 fully saturated rings. The van der Waals surface area contributed by atoms with Crippen molar-refractivity contribution in [3.8, 4) is 0 Å². The predicted octanol–water partition coefficient (Wildman–Crippen LogP) is 4.13. The predicted molar refractivity (Wildman–Crippen MR) is 75.8 cm³/mol. The Morgan fingerprint density at radius 2 is 1.76 bits per heavy atom. The average molecular weight is 296 g/mol. The number of ether oxygens (including phenoxy) is 1. The minimum Gasteiger partial charge on any atom is -0.388 e. The van der Waals surface area contributed by atoms with Gasteiger partial charge in [-0.25, -0.2) is 8.78 Å². The Hall–Kier alpha value is -1.00. The molecule has 2 atom stereocenters. The van der Waals surface area contributed by atoms with Crippen LogP contribution in [0, 0.1) is 17.6 Å². The quantitative estimate of drug-likeness (QED) is 0.889. The van der Waals surface area contributed by atoms with Gasteiger partial charge in [-0.15, -0.1) is 0 Å². The van der Waals surface area contributed by atoms with Crippen LogP contribution in [0.15, 0.2) is 18.2 Å².